The molecule has 3 N–H and O–H groups in total. The zero-order valence-electron chi connectivity index (χ0n) is 21.8. The van der Waals surface area contributed by atoms with E-state index in [0.717, 1.165) is 74.3 Å². The molecule has 0 spiro atoms. The molecule has 2 aliphatic rings. The van der Waals surface area contributed by atoms with E-state index in [1.54, 1.807) is 18.2 Å². The molecule has 0 radical (unpaired) electrons. The van der Waals surface area contributed by atoms with Crippen molar-refractivity contribution in [2.75, 3.05) is 0 Å². The number of hydrogen-bond donors (Lipinski definition) is 3. The van der Waals surface area contributed by atoms with Gasteiger partial charge in [0, 0.05) is 27.6 Å². The topological polar surface area (TPSA) is 112 Å². The van der Waals surface area contributed by atoms with E-state index in [4.69, 9.17) is 9.54 Å². The molecular weight excluding hydrogens is 586 g/mol. The van der Waals surface area contributed by atoms with Crippen molar-refractivity contribution in [3.63, 3.8) is 0 Å². The summed E-state index contributed by atoms with van der Waals surface area (Å²) in [5, 5.41) is 0. The molecule has 3 aromatic heterocycles. The van der Waals surface area contributed by atoms with Gasteiger partial charge in [-0.25, -0.2) is 9.97 Å². The van der Waals surface area contributed by atoms with Gasteiger partial charge in [0.25, 0.3) is 0 Å². The maximum atomic E-state index is 10.6. The van der Waals surface area contributed by atoms with Crippen LogP contribution < -0.4 is 4.16 Å². The maximum absolute atomic E-state index is 10.6. The molecule has 2 aromatic carbocycles. The van der Waals surface area contributed by atoms with Gasteiger partial charge in [-0.05, 0) is 72.3 Å². The molecule has 5 heterocycles. The van der Waals surface area contributed by atoms with Gasteiger partial charge in [-0.3, -0.25) is 0 Å². The third kappa shape index (κ3) is 6.33. The molecule has 41 heavy (non-hydrogen) atoms. The number of benzene rings is 2. The van der Waals surface area contributed by atoms with Crippen molar-refractivity contribution in [1.82, 2.24) is 19.9 Å². The van der Waals surface area contributed by atoms with E-state index >= 15 is 0 Å². The first kappa shape index (κ1) is 26.8. The number of aromatic nitrogens is 4. The Kier molecular flexibility index (Phi) is 7.33. The van der Waals surface area contributed by atoms with Crippen LogP contribution in [0, 0.1) is 0 Å². The van der Waals surface area contributed by atoms with Crippen LogP contribution in [0.4, 0.5) is 0 Å². The first-order chi connectivity index (χ1) is 19.8. The SMILES string of the molecule is C1=Cc2cc3ccc(cc4nc(cc5ccc(cc1n2)[nH]5)C=C4c1ccccc1)[nH]3.O=S(=O)(O)c1cccc[c]1[Zn]. The van der Waals surface area contributed by atoms with Crippen LogP contribution in [-0.2, 0) is 28.4 Å². The van der Waals surface area contributed by atoms with E-state index in [-0.39, 0.29) is 4.90 Å². The molecule has 0 aliphatic carbocycles. The van der Waals surface area contributed by atoms with E-state index in [1.165, 1.54) is 6.07 Å². The Hall–Kier alpha value is -4.43. The van der Waals surface area contributed by atoms with Gasteiger partial charge in [0.2, 0.25) is 0 Å². The van der Waals surface area contributed by atoms with E-state index in [0.29, 0.717) is 4.16 Å². The van der Waals surface area contributed by atoms with E-state index in [1.807, 2.05) is 24.3 Å². The van der Waals surface area contributed by atoms with Gasteiger partial charge in [0.05, 0.1) is 22.8 Å². The fraction of sp³-hybridized carbons (Fsp3) is 0. The molecule has 0 fully saturated rings. The average molecular weight is 609 g/mol. The van der Waals surface area contributed by atoms with Crippen molar-refractivity contribution < 1.29 is 31.3 Å². The number of aromatic amines is 2. The van der Waals surface area contributed by atoms with Crippen LogP contribution in [-0.4, -0.2) is 32.9 Å². The van der Waals surface area contributed by atoms with Gasteiger partial charge >= 0.3 is 74.7 Å². The minimum atomic E-state index is -4.00. The summed E-state index contributed by atoms with van der Waals surface area (Å²) < 4.78 is 30.6. The van der Waals surface area contributed by atoms with Gasteiger partial charge in [-0.1, -0.05) is 30.3 Å². The number of hydrogen-bond acceptors (Lipinski definition) is 4. The molecule has 197 valence electrons. The van der Waals surface area contributed by atoms with Crippen LogP contribution >= 0.6 is 0 Å². The molecular formula is C32H23N4O3SZn. The summed E-state index contributed by atoms with van der Waals surface area (Å²) in [5.41, 5.74) is 10.0. The zero-order chi connectivity index (χ0) is 28.4. The van der Waals surface area contributed by atoms with Gasteiger partial charge in [0.15, 0.2) is 0 Å². The monoisotopic (exact) mass is 607 g/mol. The Balaban J connectivity index is 0.000000233. The summed E-state index contributed by atoms with van der Waals surface area (Å²) in [4.78, 5) is 16.5. The van der Waals surface area contributed by atoms with E-state index in [2.05, 4.69) is 87.8 Å². The summed E-state index contributed by atoms with van der Waals surface area (Å²) in [6.45, 7) is 0. The summed E-state index contributed by atoms with van der Waals surface area (Å²) in [6.07, 6.45) is 6.20. The number of rotatable bonds is 2. The summed E-state index contributed by atoms with van der Waals surface area (Å²) in [6, 6.07) is 33.3. The third-order valence-corrected chi connectivity index (χ3v) is 9.29. The van der Waals surface area contributed by atoms with Gasteiger partial charge in [-0.2, -0.15) is 0 Å². The van der Waals surface area contributed by atoms with Crippen LogP contribution in [0.25, 0.3) is 45.9 Å². The molecule has 8 bridgehead atoms. The van der Waals surface area contributed by atoms with Crippen molar-refractivity contribution in [2.45, 2.75) is 4.90 Å². The molecule has 9 heteroatoms. The minimum absolute atomic E-state index is 0.0278. The number of fused-ring (bicyclic) bond motifs is 8. The van der Waals surface area contributed by atoms with Gasteiger partial charge in [-0.15, -0.1) is 0 Å². The third-order valence-electron chi connectivity index (χ3n) is 6.50. The standard InChI is InChI=1S/C26H18N4.C6H5O3S.Zn/c1-2-4-17(5-3-1)25-15-24-14-22-9-8-20(28-22)12-18-6-7-19(27-18)13-21-10-11-23(29-21)16-26(25)30-24;7-10(8,9)6-4-2-1-3-5-6;/h1-16,28-29H;1-4H,(H,7,8,9);. The first-order valence-electron chi connectivity index (χ1n) is 12.8. The molecule has 0 saturated heterocycles. The van der Waals surface area contributed by atoms with E-state index < -0.39 is 10.1 Å². The van der Waals surface area contributed by atoms with Crippen LogP contribution in [0.1, 0.15) is 28.3 Å². The second-order valence-electron chi connectivity index (χ2n) is 9.54. The Morgan fingerprint density at radius 2 is 1.17 bits per heavy atom. The summed E-state index contributed by atoms with van der Waals surface area (Å²) in [5.74, 6) is 0. The second kappa shape index (κ2) is 11.2. The fourth-order valence-corrected chi connectivity index (χ4v) is 6.95. The molecule has 5 aromatic rings. The number of nitrogens with zero attached hydrogens (tertiary/aromatic N) is 2. The molecule has 7 nitrogen and oxygen atoms in total. The predicted molar refractivity (Wildman–Crippen MR) is 159 cm³/mol. The molecule has 7 rings (SSSR count). The predicted octanol–water partition coefficient (Wildman–Crippen LogP) is 6.18. The van der Waals surface area contributed by atoms with Crippen molar-refractivity contribution in [3.05, 3.63) is 131 Å². The van der Waals surface area contributed by atoms with Crippen LogP contribution in [0.5, 0.6) is 0 Å². The van der Waals surface area contributed by atoms with Crippen LogP contribution in [0.2, 0.25) is 0 Å². The Morgan fingerprint density at radius 3 is 1.73 bits per heavy atom. The van der Waals surface area contributed by atoms with Crippen molar-refractivity contribution in [2.24, 2.45) is 0 Å². The Labute approximate surface area is 246 Å². The average Bonchev–Trinajstić information content (AvgIpc) is 3.75. The summed E-state index contributed by atoms with van der Waals surface area (Å²) >= 11 is 0.718. The van der Waals surface area contributed by atoms with Crippen LogP contribution in [0.15, 0.2) is 108 Å². The number of nitrogens with one attached hydrogen (secondary N) is 2. The zero-order valence-corrected chi connectivity index (χ0v) is 25.6. The van der Waals surface area contributed by atoms with Crippen molar-refractivity contribution >= 4 is 60.1 Å². The first-order valence-corrected chi connectivity index (χ1v) is 15.7. The Bertz CT molecular complexity index is 2100. The fourth-order valence-electron chi connectivity index (χ4n) is 4.62. The Morgan fingerprint density at radius 1 is 0.634 bits per heavy atom. The van der Waals surface area contributed by atoms with Crippen LogP contribution in [0.3, 0.4) is 0 Å². The van der Waals surface area contributed by atoms with Crippen molar-refractivity contribution in [1.29, 1.82) is 0 Å². The molecule has 0 atom stereocenters. The quantitative estimate of drug-likeness (QED) is 0.160. The normalized spacial score (nSPS) is 12.4. The molecule has 0 amide bonds. The molecule has 0 unspecified atom stereocenters. The van der Waals surface area contributed by atoms with E-state index in [9.17, 15) is 8.42 Å². The van der Waals surface area contributed by atoms with Gasteiger partial charge < -0.3 is 9.97 Å². The number of H-pyrrole nitrogens is 2. The van der Waals surface area contributed by atoms with Crippen molar-refractivity contribution in [3.8, 4) is 0 Å². The second-order valence-corrected chi connectivity index (χ2v) is 12.5. The molecule has 2 aliphatic heterocycles. The van der Waals surface area contributed by atoms with Gasteiger partial charge in [0.1, 0.15) is 0 Å². The molecule has 0 saturated carbocycles. The summed E-state index contributed by atoms with van der Waals surface area (Å²) in [7, 11) is -4.00.